The zero-order valence-corrected chi connectivity index (χ0v) is 15.2. The number of aromatic nitrogens is 1. The lowest BCUT2D eigenvalue weighted by atomic mass is 9.97. The van der Waals surface area contributed by atoms with Crippen molar-refractivity contribution in [2.45, 2.75) is 13.8 Å². The molecule has 4 aromatic rings. The van der Waals surface area contributed by atoms with E-state index in [1.54, 1.807) is 0 Å². The van der Waals surface area contributed by atoms with E-state index < -0.39 is 0 Å². The van der Waals surface area contributed by atoms with E-state index >= 15 is 0 Å². The minimum atomic E-state index is 0.672. The van der Waals surface area contributed by atoms with Crippen molar-refractivity contribution in [3.8, 4) is 34.5 Å². The first-order valence-electron chi connectivity index (χ1n) is 8.74. The highest BCUT2D eigenvalue weighted by Crippen LogP contribution is 2.31. The molecule has 3 heteroatoms. The molecule has 4 rings (SSSR count). The molecule has 0 unspecified atom stereocenters. The minimum Gasteiger partial charge on any atom is -0.355 e. The van der Waals surface area contributed by atoms with Crippen molar-refractivity contribution in [2.24, 2.45) is 0 Å². The summed E-state index contributed by atoms with van der Waals surface area (Å²) in [4.78, 5) is 3.48. The van der Waals surface area contributed by atoms with Crippen molar-refractivity contribution in [2.75, 3.05) is 0 Å². The summed E-state index contributed by atoms with van der Waals surface area (Å²) in [5, 5.41) is 19.2. The van der Waals surface area contributed by atoms with Crippen molar-refractivity contribution in [3.63, 3.8) is 0 Å². The molecule has 128 valence electrons. The van der Waals surface area contributed by atoms with Crippen LogP contribution in [0, 0.1) is 36.5 Å². The van der Waals surface area contributed by atoms with Crippen LogP contribution in [-0.4, -0.2) is 4.98 Å². The molecule has 0 amide bonds. The first kappa shape index (κ1) is 16.6. The van der Waals surface area contributed by atoms with Gasteiger partial charge >= 0.3 is 0 Å². The van der Waals surface area contributed by atoms with Gasteiger partial charge < -0.3 is 4.98 Å². The molecule has 0 fully saturated rings. The van der Waals surface area contributed by atoms with Crippen LogP contribution < -0.4 is 0 Å². The number of benzene rings is 3. The van der Waals surface area contributed by atoms with E-state index in [0.717, 1.165) is 44.4 Å². The minimum absolute atomic E-state index is 0.672. The predicted octanol–water partition coefficient (Wildman–Crippen LogP) is 5.86. The first-order valence-corrected chi connectivity index (χ1v) is 8.74. The second-order valence-corrected chi connectivity index (χ2v) is 6.77. The van der Waals surface area contributed by atoms with Crippen LogP contribution in [-0.2, 0) is 0 Å². The van der Waals surface area contributed by atoms with Gasteiger partial charge in [-0.1, -0.05) is 18.2 Å². The number of nitrogens with one attached hydrogen (secondary N) is 1. The van der Waals surface area contributed by atoms with Crippen molar-refractivity contribution < 1.29 is 0 Å². The van der Waals surface area contributed by atoms with Gasteiger partial charge in [0.25, 0.3) is 0 Å². The van der Waals surface area contributed by atoms with Crippen LogP contribution in [0.1, 0.15) is 22.3 Å². The molecule has 0 saturated heterocycles. The second kappa shape index (κ2) is 6.48. The van der Waals surface area contributed by atoms with E-state index in [0.29, 0.717) is 11.1 Å². The Kier molecular flexibility index (Phi) is 3.99. The highest BCUT2D eigenvalue weighted by atomic mass is 14.7. The van der Waals surface area contributed by atoms with Gasteiger partial charge in [0.15, 0.2) is 0 Å². The molecule has 0 bridgehead atoms. The van der Waals surface area contributed by atoms with Crippen molar-refractivity contribution >= 4 is 10.9 Å². The van der Waals surface area contributed by atoms with Crippen LogP contribution in [0.25, 0.3) is 33.3 Å². The lowest BCUT2D eigenvalue weighted by molar-refractivity contribution is 1.38. The molecule has 0 saturated carbocycles. The fourth-order valence-electron chi connectivity index (χ4n) is 3.54. The van der Waals surface area contributed by atoms with Crippen LogP contribution >= 0.6 is 0 Å². The number of fused-ring (bicyclic) bond motifs is 1. The van der Waals surface area contributed by atoms with Crippen LogP contribution in [0.4, 0.5) is 0 Å². The molecule has 3 nitrogen and oxygen atoms in total. The Bertz CT molecular complexity index is 1200. The Labute approximate surface area is 158 Å². The molecule has 0 spiro atoms. The molecule has 27 heavy (non-hydrogen) atoms. The van der Waals surface area contributed by atoms with Crippen molar-refractivity contribution in [1.29, 1.82) is 10.5 Å². The highest BCUT2D eigenvalue weighted by molar-refractivity contribution is 5.90. The first-order chi connectivity index (χ1) is 13.1. The third-order valence-electron chi connectivity index (χ3n) is 4.93. The molecule has 1 heterocycles. The normalized spacial score (nSPS) is 10.5. The summed E-state index contributed by atoms with van der Waals surface area (Å²) in [6.45, 7) is 4.05. The summed E-state index contributed by atoms with van der Waals surface area (Å²) in [7, 11) is 0. The molecule has 0 aliphatic heterocycles. The van der Waals surface area contributed by atoms with Crippen LogP contribution in [0.2, 0.25) is 0 Å². The molecular weight excluding hydrogens is 330 g/mol. The summed E-state index contributed by atoms with van der Waals surface area (Å²) in [5.41, 5.74) is 8.99. The van der Waals surface area contributed by atoms with E-state index in [9.17, 15) is 0 Å². The summed E-state index contributed by atoms with van der Waals surface area (Å²) in [6, 6.07) is 24.4. The number of nitriles is 2. The van der Waals surface area contributed by atoms with Gasteiger partial charge in [0.05, 0.1) is 23.3 Å². The molecule has 1 N–H and O–H groups in total. The molecule has 0 aliphatic carbocycles. The Morgan fingerprint density at radius 3 is 1.93 bits per heavy atom. The summed E-state index contributed by atoms with van der Waals surface area (Å²) >= 11 is 0. The number of aryl methyl sites for hydroxylation is 2. The summed E-state index contributed by atoms with van der Waals surface area (Å²) in [6.07, 6.45) is 0. The Morgan fingerprint density at radius 2 is 1.33 bits per heavy atom. The van der Waals surface area contributed by atoms with E-state index in [1.807, 2.05) is 50.2 Å². The molecule has 3 aromatic carbocycles. The highest BCUT2D eigenvalue weighted by Gasteiger charge is 2.09. The standard InChI is InChI=1S/C24H17N3/c1-15-9-17(13-25)3-6-21(15)19-5-8-23-20(11-19)12-24(27-23)22-7-4-18(14-26)10-16(22)2/h3-12,27H,1-2H3. The maximum absolute atomic E-state index is 9.06. The van der Waals surface area contributed by atoms with Crippen LogP contribution in [0.5, 0.6) is 0 Å². The quantitative estimate of drug-likeness (QED) is 0.493. The Morgan fingerprint density at radius 1 is 0.704 bits per heavy atom. The smallest absolute Gasteiger partial charge is 0.0991 e. The maximum Gasteiger partial charge on any atom is 0.0991 e. The SMILES string of the molecule is Cc1cc(C#N)ccc1-c1ccc2[nH]c(-c3ccc(C#N)cc3C)cc2c1. The van der Waals surface area contributed by atoms with Gasteiger partial charge in [-0.3, -0.25) is 0 Å². The third kappa shape index (κ3) is 2.97. The van der Waals surface area contributed by atoms with Crippen molar-refractivity contribution in [1.82, 2.24) is 4.98 Å². The molecule has 0 aliphatic rings. The van der Waals surface area contributed by atoms with E-state index in [-0.39, 0.29) is 0 Å². The molecule has 0 atom stereocenters. The van der Waals surface area contributed by atoms with Gasteiger partial charge in [0.1, 0.15) is 0 Å². The average Bonchev–Trinajstić information content (AvgIpc) is 3.10. The summed E-state index contributed by atoms with van der Waals surface area (Å²) in [5.74, 6) is 0. The lowest BCUT2D eigenvalue weighted by Gasteiger charge is -2.06. The number of rotatable bonds is 2. The largest absolute Gasteiger partial charge is 0.355 e. The fourth-order valence-corrected chi connectivity index (χ4v) is 3.54. The number of nitrogens with zero attached hydrogens (tertiary/aromatic N) is 2. The topological polar surface area (TPSA) is 63.4 Å². The molecule has 1 aromatic heterocycles. The molecular formula is C24H17N3. The van der Waals surface area contributed by atoms with E-state index in [1.165, 1.54) is 0 Å². The lowest BCUT2D eigenvalue weighted by Crippen LogP contribution is -1.85. The number of hydrogen-bond donors (Lipinski definition) is 1. The monoisotopic (exact) mass is 347 g/mol. The van der Waals surface area contributed by atoms with Gasteiger partial charge in [-0.25, -0.2) is 0 Å². The zero-order valence-electron chi connectivity index (χ0n) is 15.2. The van der Waals surface area contributed by atoms with Gasteiger partial charge in [0.2, 0.25) is 0 Å². The summed E-state index contributed by atoms with van der Waals surface area (Å²) < 4.78 is 0. The van der Waals surface area contributed by atoms with Gasteiger partial charge in [-0.15, -0.1) is 0 Å². The van der Waals surface area contributed by atoms with Crippen LogP contribution in [0.15, 0.2) is 60.7 Å². The van der Waals surface area contributed by atoms with Gasteiger partial charge in [-0.2, -0.15) is 10.5 Å². The number of hydrogen-bond acceptors (Lipinski definition) is 2. The number of aromatic amines is 1. The van der Waals surface area contributed by atoms with Crippen molar-refractivity contribution in [3.05, 3.63) is 82.9 Å². The third-order valence-corrected chi connectivity index (χ3v) is 4.93. The Balaban J connectivity index is 1.79. The molecule has 0 radical (unpaired) electrons. The predicted molar refractivity (Wildman–Crippen MR) is 108 cm³/mol. The Hall–Kier alpha value is -3.82. The maximum atomic E-state index is 9.06. The number of H-pyrrole nitrogens is 1. The van der Waals surface area contributed by atoms with E-state index in [4.69, 9.17) is 10.5 Å². The fraction of sp³-hybridized carbons (Fsp3) is 0.0833. The van der Waals surface area contributed by atoms with Crippen LogP contribution in [0.3, 0.4) is 0 Å². The average molecular weight is 347 g/mol. The van der Waals surface area contributed by atoms with Gasteiger partial charge in [0, 0.05) is 22.2 Å². The second-order valence-electron chi connectivity index (χ2n) is 6.77. The van der Waals surface area contributed by atoms with E-state index in [2.05, 4.69) is 41.4 Å². The zero-order chi connectivity index (χ0) is 19.0. The van der Waals surface area contributed by atoms with Gasteiger partial charge in [-0.05, 0) is 78.6 Å².